The van der Waals surface area contributed by atoms with Gasteiger partial charge in [0.25, 0.3) is 0 Å². The highest BCUT2D eigenvalue weighted by Gasteiger charge is 2.50. The Labute approximate surface area is 156 Å². The van der Waals surface area contributed by atoms with Crippen molar-refractivity contribution in [3.05, 3.63) is 30.1 Å². The summed E-state index contributed by atoms with van der Waals surface area (Å²) >= 11 is 0. The smallest absolute Gasteiger partial charge is 0.223 e. The Balaban J connectivity index is 1.33. The van der Waals surface area contributed by atoms with Crippen molar-refractivity contribution in [2.24, 2.45) is 17.3 Å². The molecule has 5 nitrogen and oxygen atoms in total. The number of nitrogens with zero attached hydrogens (tertiary/aromatic N) is 2. The molecule has 0 aromatic carbocycles. The maximum atomic E-state index is 12.9. The summed E-state index contributed by atoms with van der Waals surface area (Å²) in [7, 11) is 0. The summed E-state index contributed by atoms with van der Waals surface area (Å²) in [6, 6.07) is 6.11. The molecule has 1 amide bonds. The average Bonchev–Trinajstić information content (AvgIpc) is 3.28. The fourth-order valence-corrected chi connectivity index (χ4v) is 5.19. The van der Waals surface area contributed by atoms with E-state index < -0.39 is 0 Å². The zero-order chi connectivity index (χ0) is 17.8. The molecule has 0 radical (unpaired) electrons. The third-order valence-corrected chi connectivity index (χ3v) is 6.71. The monoisotopic (exact) mass is 357 g/mol. The molecule has 3 aliphatic rings. The molecule has 4 rings (SSSR count). The fourth-order valence-electron chi connectivity index (χ4n) is 5.19. The lowest BCUT2D eigenvalue weighted by molar-refractivity contribution is -0.128. The van der Waals surface area contributed by atoms with Crippen molar-refractivity contribution < 1.29 is 9.53 Å². The Morgan fingerprint density at radius 3 is 2.96 bits per heavy atom. The molecular weight excluding hydrogens is 326 g/mol. The summed E-state index contributed by atoms with van der Waals surface area (Å²) in [5.41, 5.74) is 1.32. The van der Waals surface area contributed by atoms with Crippen molar-refractivity contribution in [1.82, 2.24) is 15.2 Å². The van der Waals surface area contributed by atoms with Gasteiger partial charge < -0.3 is 10.1 Å². The van der Waals surface area contributed by atoms with Crippen LogP contribution in [0.5, 0.6) is 0 Å². The molecule has 3 fully saturated rings. The summed E-state index contributed by atoms with van der Waals surface area (Å²) in [4.78, 5) is 19.9. The van der Waals surface area contributed by atoms with Crippen LogP contribution in [-0.4, -0.2) is 48.6 Å². The number of ether oxygens (including phenoxy) is 1. The van der Waals surface area contributed by atoms with Gasteiger partial charge in [0.1, 0.15) is 0 Å². The standard InChI is InChI=1S/C21H31N3O2/c25-20(23-14-17-6-12-26-13-7-17)19-5-3-8-21(19)9-11-24(16-21)15-18-4-1-2-10-22-18/h1-2,4,10,17,19H,3,5-9,11-16H2,(H,23,25)/t19-,21-/m0/s1. The lowest BCUT2D eigenvalue weighted by Gasteiger charge is -2.31. The van der Waals surface area contributed by atoms with E-state index in [0.717, 1.165) is 70.8 Å². The van der Waals surface area contributed by atoms with Gasteiger partial charge in [0, 0.05) is 45.0 Å². The van der Waals surface area contributed by atoms with Gasteiger partial charge in [0.05, 0.1) is 5.69 Å². The van der Waals surface area contributed by atoms with Crippen LogP contribution in [0.3, 0.4) is 0 Å². The Hall–Kier alpha value is -1.46. The van der Waals surface area contributed by atoms with E-state index in [0.29, 0.717) is 11.8 Å². The number of carbonyl (C=O) groups excluding carboxylic acids is 1. The zero-order valence-corrected chi connectivity index (χ0v) is 15.7. The number of amides is 1. The van der Waals surface area contributed by atoms with Crippen molar-refractivity contribution in [3.8, 4) is 0 Å². The zero-order valence-electron chi connectivity index (χ0n) is 15.7. The third kappa shape index (κ3) is 3.94. The lowest BCUT2D eigenvalue weighted by atomic mass is 9.76. The molecule has 0 unspecified atom stereocenters. The van der Waals surface area contributed by atoms with Gasteiger partial charge in [0.2, 0.25) is 5.91 Å². The van der Waals surface area contributed by atoms with Gasteiger partial charge in [-0.2, -0.15) is 0 Å². The number of likely N-dealkylation sites (tertiary alicyclic amines) is 1. The molecule has 2 aliphatic heterocycles. The predicted molar refractivity (Wildman–Crippen MR) is 100 cm³/mol. The van der Waals surface area contributed by atoms with Crippen molar-refractivity contribution in [2.75, 3.05) is 32.8 Å². The first-order chi connectivity index (χ1) is 12.8. The molecule has 1 aromatic rings. The van der Waals surface area contributed by atoms with Gasteiger partial charge in [-0.3, -0.25) is 14.7 Å². The van der Waals surface area contributed by atoms with Crippen LogP contribution in [0.25, 0.3) is 0 Å². The van der Waals surface area contributed by atoms with Crippen molar-refractivity contribution in [2.45, 2.75) is 45.1 Å². The second-order valence-electron chi connectivity index (χ2n) is 8.39. The van der Waals surface area contributed by atoms with Gasteiger partial charge in [-0.05, 0) is 62.1 Å². The van der Waals surface area contributed by atoms with Gasteiger partial charge in [-0.1, -0.05) is 12.5 Å². The molecule has 1 spiro atoms. The van der Waals surface area contributed by atoms with Crippen molar-refractivity contribution >= 4 is 5.91 Å². The highest BCUT2D eigenvalue weighted by atomic mass is 16.5. The average molecular weight is 357 g/mol. The number of hydrogen-bond donors (Lipinski definition) is 1. The highest BCUT2D eigenvalue weighted by molar-refractivity contribution is 5.80. The summed E-state index contributed by atoms with van der Waals surface area (Å²) < 4.78 is 5.42. The molecule has 1 saturated carbocycles. The third-order valence-electron chi connectivity index (χ3n) is 6.71. The fraction of sp³-hybridized carbons (Fsp3) is 0.714. The van der Waals surface area contributed by atoms with Crippen LogP contribution in [0.15, 0.2) is 24.4 Å². The molecule has 1 aromatic heterocycles. The Morgan fingerprint density at radius 2 is 2.15 bits per heavy atom. The normalized spacial score (nSPS) is 30.1. The Morgan fingerprint density at radius 1 is 1.27 bits per heavy atom. The second kappa shape index (κ2) is 8.05. The first-order valence-electron chi connectivity index (χ1n) is 10.2. The van der Waals surface area contributed by atoms with Crippen LogP contribution >= 0.6 is 0 Å². The van der Waals surface area contributed by atoms with Gasteiger partial charge in [0.15, 0.2) is 0 Å². The minimum absolute atomic E-state index is 0.189. The molecule has 3 heterocycles. The number of carbonyl (C=O) groups is 1. The SMILES string of the molecule is O=C(NCC1CCOCC1)[C@@H]1CCC[C@@]12CCN(Cc1ccccn1)C2. The minimum Gasteiger partial charge on any atom is -0.381 e. The maximum Gasteiger partial charge on any atom is 0.223 e. The van der Waals surface area contributed by atoms with Gasteiger partial charge in [-0.15, -0.1) is 0 Å². The van der Waals surface area contributed by atoms with E-state index in [2.05, 4.69) is 27.3 Å². The first-order valence-corrected chi connectivity index (χ1v) is 10.2. The first kappa shape index (κ1) is 17.9. The summed E-state index contributed by atoms with van der Waals surface area (Å²) in [6.07, 6.45) is 8.60. The van der Waals surface area contributed by atoms with Crippen LogP contribution in [0.1, 0.15) is 44.2 Å². The van der Waals surface area contributed by atoms with E-state index in [1.807, 2.05) is 12.3 Å². The van der Waals surface area contributed by atoms with Crippen LogP contribution in [0, 0.1) is 17.3 Å². The number of hydrogen-bond acceptors (Lipinski definition) is 4. The van der Waals surface area contributed by atoms with E-state index in [9.17, 15) is 4.79 Å². The predicted octanol–water partition coefficient (Wildman–Crippen LogP) is 2.62. The van der Waals surface area contributed by atoms with E-state index in [1.165, 1.54) is 12.8 Å². The quantitative estimate of drug-likeness (QED) is 0.880. The van der Waals surface area contributed by atoms with E-state index in [4.69, 9.17) is 4.74 Å². The van der Waals surface area contributed by atoms with Crippen LogP contribution in [0.2, 0.25) is 0 Å². The Bertz CT molecular complexity index is 603. The van der Waals surface area contributed by atoms with Crippen LogP contribution in [0.4, 0.5) is 0 Å². The van der Waals surface area contributed by atoms with Crippen LogP contribution < -0.4 is 5.32 Å². The number of rotatable bonds is 5. The Kier molecular flexibility index (Phi) is 5.55. The molecule has 5 heteroatoms. The van der Waals surface area contributed by atoms with E-state index in [-0.39, 0.29) is 11.3 Å². The van der Waals surface area contributed by atoms with Crippen LogP contribution in [-0.2, 0) is 16.1 Å². The summed E-state index contributed by atoms with van der Waals surface area (Å²) in [5, 5.41) is 3.28. The van der Waals surface area contributed by atoms with Crippen molar-refractivity contribution in [1.29, 1.82) is 0 Å². The maximum absolute atomic E-state index is 12.9. The number of nitrogens with one attached hydrogen (secondary N) is 1. The largest absolute Gasteiger partial charge is 0.381 e. The number of aromatic nitrogens is 1. The molecule has 0 bridgehead atoms. The molecular formula is C21H31N3O2. The lowest BCUT2D eigenvalue weighted by Crippen LogP contribution is -2.42. The van der Waals surface area contributed by atoms with Crippen molar-refractivity contribution in [3.63, 3.8) is 0 Å². The molecule has 2 saturated heterocycles. The molecule has 142 valence electrons. The molecule has 1 N–H and O–H groups in total. The summed E-state index contributed by atoms with van der Waals surface area (Å²) in [5.74, 6) is 1.08. The summed E-state index contributed by atoms with van der Waals surface area (Å²) in [6.45, 7) is 5.54. The highest BCUT2D eigenvalue weighted by Crippen LogP contribution is 2.50. The second-order valence-corrected chi connectivity index (χ2v) is 8.39. The minimum atomic E-state index is 0.189. The molecule has 26 heavy (non-hydrogen) atoms. The topological polar surface area (TPSA) is 54.5 Å². The van der Waals surface area contributed by atoms with Gasteiger partial charge in [-0.25, -0.2) is 0 Å². The van der Waals surface area contributed by atoms with E-state index >= 15 is 0 Å². The molecule has 2 atom stereocenters. The van der Waals surface area contributed by atoms with Gasteiger partial charge >= 0.3 is 0 Å². The van der Waals surface area contributed by atoms with E-state index in [1.54, 1.807) is 0 Å². The number of pyridine rings is 1. The molecule has 1 aliphatic carbocycles.